The van der Waals surface area contributed by atoms with Crippen LogP contribution in [0.25, 0.3) is 0 Å². The molecule has 7 heteroatoms. The Kier molecular flexibility index (Phi) is 7.63. The molecule has 2 aromatic carbocycles. The fourth-order valence-corrected chi connectivity index (χ4v) is 4.71. The zero-order chi connectivity index (χ0) is 24.1. The Morgan fingerprint density at radius 2 is 1.79 bits per heavy atom. The second-order valence-corrected chi connectivity index (χ2v) is 8.96. The van der Waals surface area contributed by atoms with Gasteiger partial charge in [0, 0.05) is 43.4 Å². The fraction of sp³-hybridized carbons (Fsp3) is 0.444. The number of carbonyl (C=O) groups excluding carboxylic acids is 2. The normalized spacial score (nSPS) is 17.6. The molecule has 1 amide bonds. The molecule has 2 aliphatic rings. The highest BCUT2D eigenvalue weighted by Gasteiger charge is 2.23. The van der Waals surface area contributed by atoms with Gasteiger partial charge < -0.3 is 19.3 Å². The van der Waals surface area contributed by atoms with Gasteiger partial charge in [0.05, 0.1) is 19.8 Å². The minimum absolute atomic E-state index is 0.0830. The van der Waals surface area contributed by atoms with Gasteiger partial charge in [0.1, 0.15) is 5.84 Å². The molecular weight excluding hydrogens is 430 g/mol. The number of anilines is 1. The maximum absolute atomic E-state index is 13.1. The van der Waals surface area contributed by atoms with Crippen molar-refractivity contribution in [3.8, 4) is 0 Å². The van der Waals surface area contributed by atoms with Crippen molar-refractivity contribution in [2.75, 3.05) is 44.9 Å². The molecule has 0 radical (unpaired) electrons. The molecule has 1 aliphatic heterocycles. The number of morpholine rings is 1. The first-order valence-electron chi connectivity index (χ1n) is 12.0. The summed E-state index contributed by atoms with van der Waals surface area (Å²) < 4.78 is 10.5. The molecule has 1 aliphatic carbocycles. The Hall–Kier alpha value is -3.19. The van der Waals surface area contributed by atoms with Gasteiger partial charge in [-0.1, -0.05) is 18.2 Å². The first kappa shape index (κ1) is 24.0. The Balaban J connectivity index is 1.40. The third kappa shape index (κ3) is 5.47. The number of aryl methyl sites for hydroxylation is 1. The zero-order valence-electron chi connectivity index (χ0n) is 20.0. The second-order valence-electron chi connectivity index (χ2n) is 8.96. The van der Waals surface area contributed by atoms with Gasteiger partial charge in [0.2, 0.25) is 0 Å². The summed E-state index contributed by atoms with van der Waals surface area (Å²) in [6, 6.07) is 13.4. The predicted octanol–water partition coefficient (Wildman–Crippen LogP) is 3.68. The monoisotopic (exact) mass is 463 g/mol. The largest absolute Gasteiger partial charge is 0.466 e. The first-order chi connectivity index (χ1) is 16.5. The van der Waals surface area contributed by atoms with Gasteiger partial charge in [0.25, 0.3) is 5.91 Å². The summed E-state index contributed by atoms with van der Waals surface area (Å²) in [6.45, 7) is 4.95. The van der Waals surface area contributed by atoms with E-state index in [-0.39, 0.29) is 11.9 Å². The maximum atomic E-state index is 13.1. The molecule has 0 aromatic heterocycles. The molecule has 1 saturated heterocycles. The van der Waals surface area contributed by atoms with Crippen LogP contribution in [0.1, 0.15) is 46.8 Å². The van der Waals surface area contributed by atoms with Crippen LogP contribution in [0.3, 0.4) is 0 Å². The Bertz CT molecular complexity index is 1040. The van der Waals surface area contributed by atoms with Gasteiger partial charge in [-0.15, -0.1) is 0 Å². The number of hydrogen-bond donors (Lipinski definition) is 1. The molecule has 7 nitrogen and oxygen atoms in total. The average Bonchev–Trinajstić information content (AvgIpc) is 2.88. The number of amides is 1. The van der Waals surface area contributed by atoms with Crippen molar-refractivity contribution >= 4 is 23.4 Å². The molecule has 180 valence electrons. The molecule has 1 N–H and O–H groups in total. The van der Waals surface area contributed by atoms with E-state index in [9.17, 15) is 9.59 Å². The van der Waals surface area contributed by atoms with Crippen molar-refractivity contribution in [1.82, 2.24) is 4.90 Å². The molecular formula is C27H33N3O4. The molecule has 34 heavy (non-hydrogen) atoms. The number of carbonyl (C=O) groups is 2. The number of fused-ring (bicyclic) bond motifs is 1. The molecule has 0 saturated carbocycles. The SMILES string of the molecule is CCOC(=O)CC1CCc2cc(N(C)C(=O)c3ccc(C(=N)N4CCOCC4)cc3)ccc2C1. The van der Waals surface area contributed by atoms with Crippen LogP contribution >= 0.6 is 0 Å². The zero-order valence-corrected chi connectivity index (χ0v) is 20.0. The van der Waals surface area contributed by atoms with Crippen molar-refractivity contribution in [3.63, 3.8) is 0 Å². The van der Waals surface area contributed by atoms with E-state index in [0.717, 1.165) is 30.5 Å². The number of amidine groups is 1. The highest BCUT2D eigenvalue weighted by Crippen LogP contribution is 2.31. The van der Waals surface area contributed by atoms with Crippen molar-refractivity contribution in [1.29, 1.82) is 5.41 Å². The van der Waals surface area contributed by atoms with Gasteiger partial charge in [0.15, 0.2) is 0 Å². The Morgan fingerprint density at radius 3 is 2.50 bits per heavy atom. The molecule has 1 heterocycles. The van der Waals surface area contributed by atoms with Gasteiger partial charge in [-0.05, 0) is 67.5 Å². The van der Waals surface area contributed by atoms with Gasteiger partial charge in [-0.3, -0.25) is 15.0 Å². The highest BCUT2D eigenvalue weighted by atomic mass is 16.5. The standard InChI is InChI=1S/C27H33N3O4/c1-3-34-25(31)17-19-4-5-23-18-24(11-10-22(23)16-19)29(2)27(32)21-8-6-20(7-9-21)26(28)30-12-14-33-15-13-30/h6-11,18-19,28H,3-5,12-17H2,1-2H3. The van der Waals surface area contributed by atoms with Gasteiger partial charge >= 0.3 is 5.97 Å². The van der Waals surface area contributed by atoms with Crippen molar-refractivity contribution in [2.45, 2.75) is 32.6 Å². The smallest absolute Gasteiger partial charge is 0.306 e. The van der Waals surface area contributed by atoms with E-state index in [1.807, 2.05) is 30.0 Å². The summed E-state index contributed by atoms with van der Waals surface area (Å²) in [5.41, 5.74) is 4.74. The van der Waals surface area contributed by atoms with Crippen LogP contribution in [-0.4, -0.2) is 62.6 Å². The Labute approximate surface area is 201 Å². The average molecular weight is 464 g/mol. The summed E-state index contributed by atoms with van der Waals surface area (Å²) in [5.74, 6) is 0.572. The number of nitrogens with zero attached hydrogens (tertiary/aromatic N) is 2. The van der Waals surface area contributed by atoms with Crippen LogP contribution in [-0.2, 0) is 27.1 Å². The minimum Gasteiger partial charge on any atom is -0.466 e. The summed E-state index contributed by atoms with van der Waals surface area (Å²) in [6.07, 6.45) is 3.17. The van der Waals surface area contributed by atoms with Crippen LogP contribution < -0.4 is 4.90 Å². The van der Waals surface area contributed by atoms with Crippen LogP contribution in [0.15, 0.2) is 42.5 Å². The van der Waals surface area contributed by atoms with Crippen molar-refractivity contribution < 1.29 is 19.1 Å². The van der Waals surface area contributed by atoms with Crippen LogP contribution in [0.4, 0.5) is 5.69 Å². The second kappa shape index (κ2) is 10.8. The van der Waals surface area contributed by atoms with E-state index in [0.29, 0.717) is 56.6 Å². The molecule has 2 aromatic rings. The minimum atomic E-state index is -0.121. The summed E-state index contributed by atoms with van der Waals surface area (Å²) in [7, 11) is 1.79. The molecule has 0 spiro atoms. The van der Waals surface area contributed by atoms with Crippen LogP contribution in [0.5, 0.6) is 0 Å². The van der Waals surface area contributed by atoms with E-state index in [1.165, 1.54) is 11.1 Å². The van der Waals surface area contributed by atoms with Gasteiger partial charge in [-0.2, -0.15) is 0 Å². The van der Waals surface area contributed by atoms with E-state index < -0.39 is 0 Å². The summed E-state index contributed by atoms with van der Waals surface area (Å²) in [4.78, 5) is 28.6. The molecule has 4 rings (SSSR count). The van der Waals surface area contributed by atoms with E-state index in [4.69, 9.17) is 14.9 Å². The predicted molar refractivity (Wildman–Crippen MR) is 132 cm³/mol. The number of esters is 1. The van der Waals surface area contributed by atoms with Crippen molar-refractivity contribution in [2.24, 2.45) is 5.92 Å². The number of nitrogens with one attached hydrogen (secondary N) is 1. The quantitative estimate of drug-likeness (QED) is 0.401. The number of rotatable bonds is 6. The third-order valence-corrected chi connectivity index (χ3v) is 6.71. The van der Waals surface area contributed by atoms with Crippen LogP contribution in [0, 0.1) is 11.3 Å². The van der Waals surface area contributed by atoms with E-state index in [2.05, 4.69) is 12.1 Å². The van der Waals surface area contributed by atoms with E-state index in [1.54, 1.807) is 24.1 Å². The van der Waals surface area contributed by atoms with Crippen LogP contribution in [0.2, 0.25) is 0 Å². The van der Waals surface area contributed by atoms with Gasteiger partial charge in [-0.25, -0.2) is 0 Å². The third-order valence-electron chi connectivity index (χ3n) is 6.71. The Morgan fingerprint density at radius 1 is 1.09 bits per heavy atom. The molecule has 1 unspecified atom stereocenters. The number of ether oxygens (including phenoxy) is 2. The summed E-state index contributed by atoms with van der Waals surface area (Å²) in [5, 5.41) is 8.43. The first-order valence-corrected chi connectivity index (χ1v) is 12.0. The molecule has 0 bridgehead atoms. The lowest BCUT2D eigenvalue weighted by molar-refractivity contribution is -0.144. The lowest BCUT2D eigenvalue weighted by Gasteiger charge is -2.29. The molecule has 1 fully saturated rings. The fourth-order valence-electron chi connectivity index (χ4n) is 4.71. The maximum Gasteiger partial charge on any atom is 0.306 e. The number of hydrogen-bond acceptors (Lipinski definition) is 5. The molecule has 1 atom stereocenters. The van der Waals surface area contributed by atoms with E-state index >= 15 is 0 Å². The lowest BCUT2D eigenvalue weighted by Crippen LogP contribution is -2.40. The highest BCUT2D eigenvalue weighted by molar-refractivity contribution is 6.06. The topological polar surface area (TPSA) is 82.9 Å². The van der Waals surface area contributed by atoms with Crippen molar-refractivity contribution in [3.05, 3.63) is 64.7 Å². The summed E-state index contributed by atoms with van der Waals surface area (Å²) >= 11 is 0. The number of benzene rings is 2. The lowest BCUT2D eigenvalue weighted by atomic mass is 9.82.